The van der Waals surface area contributed by atoms with Crippen LogP contribution in [0.4, 0.5) is 5.69 Å². The van der Waals surface area contributed by atoms with Crippen LogP contribution in [0.2, 0.25) is 0 Å². The van der Waals surface area contributed by atoms with Gasteiger partial charge in [-0.1, -0.05) is 18.2 Å². The predicted octanol–water partition coefficient (Wildman–Crippen LogP) is 3.60. The summed E-state index contributed by atoms with van der Waals surface area (Å²) in [7, 11) is 0. The fraction of sp³-hybridized carbons (Fsp3) is 0.381. The Morgan fingerprint density at radius 1 is 1.23 bits per heavy atom. The molecule has 0 bridgehead atoms. The van der Waals surface area contributed by atoms with Crippen LogP contribution in [-0.4, -0.2) is 24.7 Å². The zero-order chi connectivity index (χ0) is 18.9. The molecule has 3 rings (SSSR count). The molecule has 1 aliphatic rings. The van der Waals surface area contributed by atoms with Crippen molar-refractivity contribution >= 4 is 11.6 Å². The molecule has 0 aliphatic carbocycles. The minimum absolute atomic E-state index is 0.0836. The number of hydrogen-bond acceptors (Lipinski definition) is 4. The number of carbonyl (C=O) groups is 1. The Morgan fingerprint density at radius 3 is 2.69 bits per heavy atom. The first-order chi connectivity index (χ1) is 12.3. The molecule has 138 valence electrons. The van der Waals surface area contributed by atoms with Crippen molar-refractivity contribution in [1.82, 2.24) is 0 Å². The van der Waals surface area contributed by atoms with Gasteiger partial charge in [0.05, 0.1) is 12.2 Å². The minimum Gasteiger partial charge on any atom is -0.492 e. The molecule has 5 nitrogen and oxygen atoms in total. The molecule has 0 radical (unpaired) electrons. The molecular weight excluding hydrogens is 328 g/mol. The lowest BCUT2D eigenvalue weighted by Crippen LogP contribution is -2.53. The highest BCUT2D eigenvalue weighted by molar-refractivity contribution is 6.02. The van der Waals surface area contributed by atoms with Gasteiger partial charge >= 0.3 is 0 Å². The first-order valence-electron chi connectivity index (χ1n) is 8.88. The van der Waals surface area contributed by atoms with E-state index in [0.29, 0.717) is 18.9 Å². The normalized spacial score (nSPS) is 16.7. The zero-order valence-corrected chi connectivity index (χ0v) is 15.8. The molecule has 1 unspecified atom stereocenters. The highest BCUT2D eigenvalue weighted by Gasteiger charge is 2.40. The van der Waals surface area contributed by atoms with Crippen LogP contribution in [0.5, 0.6) is 11.5 Å². The molecular formula is C21H26N2O3. The Hall–Kier alpha value is -2.53. The molecule has 2 N–H and O–H groups in total. The van der Waals surface area contributed by atoms with E-state index in [-0.39, 0.29) is 11.9 Å². The fourth-order valence-electron chi connectivity index (χ4n) is 3.05. The molecule has 0 spiro atoms. The van der Waals surface area contributed by atoms with Crippen molar-refractivity contribution in [3.8, 4) is 11.5 Å². The molecule has 0 saturated carbocycles. The van der Waals surface area contributed by atoms with E-state index in [1.807, 2.05) is 56.3 Å². The van der Waals surface area contributed by atoms with Gasteiger partial charge in [-0.3, -0.25) is 4.79 Å². The molecule has 5 heteroatoms. The second kappa shape index (κ2) is 7.00. The number of rotatable bonds is 5. The van der Waals surface area contributed by atoms with E-state index in [4.69, 9.17) is 15.2 Å². The van der Waals surface area contributed by atoms with E-state index in [9.17, 15) is 4.79 Å². The number of nitrogens with two attached hydrogens (primary N) is 1. The van der Waals surface area contributed by atoms with Crippen LogP contribution >= 0.6 is 0 Å². The van der Waals surface area contributed by atoms with Gasteiger partial charge in [-0.15, -0.1) is 0 Å². The predicted molar refractivity (Wildman–Crippen MR) is 103 cm³/mol. The highest BCUT2D eigenvalue weighted by Crippen LogP contribution is 2.39. The molecule has 1 heterocycles. The van der Waals surface area contributed by atoms with Crippen molar-refractivity contribution in [3.63, 3.8) is 0 Å². The molecule has 0 fully saturated rings. The number of amides is 1. The molecule has 0 saturated heterocycles. The number of benzene rings is 2. The number of aryl methyl sites for hydroxylation is 1. The number of fused-ring (bicyclic) bond motifs is 1. The summed E-state index contributed by atoms with van der Waals surface area (Å²) in [6, 6.07) is 13.5. The number of carbonyl (C=O) groups excluding carboxylic acids is 1. The van der Waals surface area contributed by atoms with Gasteiger partial charge in [0.2, 0.25) is 0 Å². The number of hydrogen-bond donors (Lipinski definition) is 1. The van der Waals surface area contributed by atoms with Crippen molar-refractivity contribution in [1.29, 1.82) is 0 Å². The Kier molecular flexibility index (Phi) is 4.92. The molecule has 26 heavy (non-hydrogen) atoms. The van der Waals surface area contributed by atoms with Crippen LogP contribution in [0.3, 0.4) is 0 Å². The monoisotopic (exact) mass is 354 g/mol. The third kappa shape index (κ3) is 3.68. The van der Waals surface area contributed by atoms with E-state index in [1.54, 1.807) is 18.7 Å². The maximum absolute atomic E-state index is 12.9. The van der Waals surface area contributed by atoms with Gasteiger partial charge in [0.1, 0.15) is 18.1 Å². The zero-order valence-electron chi connectivity index (χ0n) is 15.8. The van der Waals surface area contributed by atoms with E-state index < -0.39 is 5.60 Å². The lowest BCUT2D eigenvalue weighted by atomic mass is 10.0. The van der Waals surface area contributed by atoms with Crippen molar-refractivity contribution in [3.05, 3.63) is 53.6 Å². The summed E-state index contributed by atoms with van der Waals surface area (Å²) in [5.41, 5.74) is 7.94. The first kappa shape index (κ1) is 18.3. The third-order valence-electron chi connectivity index (χ3n) is 4.50. The van der Waals surface area contributed by atoms with Crippen molar-refractivity contribution in [2.45, 2.75) is 39.3 Å². The molecule has 1 aliphatic heterocycles. The highest BCUT2D eigenvalue weighted by atomic mass is 16.5. The molecule has 0 aromatic heterocycles. The van der Waals surface area contributed by atoms with Crippen molar-refractivity contribution in [2.24, 2.45) is 5.73 Å². The molecule has 1 atom stereocenters. The summed E-state index contributed by atoms with van der Waals surface area (Å²) < 4.78 is 11.7. The van der Waals surface area contributed by atoms with E-state index in [1.165, 1.54) is 0 Å². The lowest BCUT2D eigenvalue weighted by molar-refractivity contribution is -0.132. The van der Waals surface area contributed by atoms with Crippen LogP contribution in [0.15, 0.2) is 42.5 Å². The van der Waals surface area contributed by atoms with Gasteiger partial charge in [-0.2, -0.15) is 0 Å². The largest absolute Gasteiger partial charge is 0.492 e. The van der Waals surface area contributed by atoms with Gasteiger partial charge in [0.15, 0.2) is 5.60 Å². The number of ether oxygens (including phenoxy) is 2. The Balaban J connectivity index is 1.82. The maximum Gasteiger partial charge on any atom is 0.270 e. The summed E-state index contributed by atoms with van der Waals surface area (Å²) >= 11 is 0. The Morgan fingerprint density at radius 2 is 2.00 bits per heavy atom. The molecule has 2 aromatic carbocycles. The standard InChI is InChI=1S/C21H26N2O3/c1-14-6-5-7-17(12-14)25-11-10-23-18-13-16(15(2)22)8-9-19(18)26-21(3,4)20(23)24/h5-9,12-13,15H,10-11,22H2,1-4H3. The Bertz CT molecular complexity index is 815. The SMILES string of the molecule is Cc1cccc(OCCN2C(=O)C(C)(C)Oc3ccc(C(C)N)cc32)c1. The average Bonchev–Trinajstić information content (AvgIpc) is 2.57. The van der Waals surface area contributed by atoms with E-state index >= 15 is 0 Å². The molecule has 1 amide bonds. The summed E-state index contributed by atoms with van der Waals surface area (Å²) in [6.07, 6.45) is 0. The third-order valence-corrected chi connectivity index (χ3v) is 4.50. The first-order valence-corrected chi connectivity index (χ1v) is 8.88. The van der Waals surface area contributed by atoms with Crippen molar-refractivity contribution in [2.75, 3.05) is 18.1 Å². The van der Waals surface area contributed by atoms with Crippen LogP contribution < -0.4 is 20.1 Å². The van der Waals surface area contributed by atoms with Gasteiger partial charge < -0.3 is 20.1 Å². The smallest absolute Gasteiger partial charge is 0.270 e. The van der Waals surface area contributed by atoms with Crippen LogP contribution in [-0.2, 0) is 4.79 Å². The average molecular weight is 354 g/mol. The van der Waals surface area contributed by atoms with E-state index in [0.717, 1.165) is 22.6 Å². The number of anilines is 1. The summed E-state index contributed by atoms with van der Waals surface area (Å²) in [5.74, 6) is 1.41. The number of nitrogens with zero attached hydrogens (tertiary/aromatic N) is 1. The topological polar surface area (TPSA) is 64.8 Å². The van der Waals surface area contributed by atoms with Gasteiger partial charge in [0, 0.05) is 6.04 Å². The summed E-state index contributed by atoms with van der Waals surface area (Å²) in [6.45, 7) is 8.34. The quantitative estimate of drug-likeness (QED) is 0.891. The second-order valence-corrected chi connectivity index (χ2v) is 7.25. The lowest BCUT2D eigenvalue weighted by Gasteiger charge is -2.39. The molecule has 2 aromatic rings. The van der Waals surface area contributed by atoms with Gasteiger partial charge in [-0.05, 0) is 63.1 Å². The van der Waals surface area contributed by atoms with Crippen LogP contribution in [0.25, 0.3) is 0 Å². The van der Waals surface area contributed by atoms with Crippen molar-refractivity contribution < 1.29 is 14.3 Å². The summed E-state index contributed by atoms with van der Waals surface area (Å²) in [5, 5.41) is 0. The van der Waals surface area contributed by atoms with Gasteiger partial charge in [0.25, 0.3) is 5.91 Å². The fourth-order valence-corrected chi connectivity index (χ4v) is 3.05. The Labute approximate surface area is 154 Å². The van der Waals surface area contributed by atoms with Crippen LogP contribution in [0, 0.1) is 6.92 Å². The second-order valence-electron chi connectivity index (χ2n) is 7.25. The van der Waals surface area contributed by atoms with E-state index in [2.05, 4.69) is 0 Å². The van der Waals surface area contributed by atoms with Gasteiger partial charge in [-0.25, -0.2) is 0 Å². The van der Waals surface area contributed by atoms with Crippen LogP contribution in [0.1, 0.15) is 37.9 Å². The summed E-state index contributed by atoms with van der Waals surface area (Å²) in [4.78, 5) is 14.6. The minimum atomic E-state index is -0.911. The maximum atomic E-state index is 12.9.